The normalized spacial score (nSPS) is 16.8. The first-order valence-corrected chi connectivity index (χ1v) is 14.1. The maximum absolute atomic E-state index is 14.4. The molecule has 2 atom stereocenters. The fourth-order valence-electron chi connectivity index (χ4n) is 5.77. The standard InChI is InChI=1S/C31H34F3N5O4/c1-5-43-26-9-7-6-8-23(26)25(18-40)37-14-15-38(19(2)17-37)30(41)24-16-35-39-28(31(32,33)34)20(3)27(36-29(24)39)21-10-12-22(42-4)13-11-21/h6-13,16,19,25,40H,5,14-15,17-18H2,1-4H3/t19-,25+/m1/s1. The van der Waals surface area contributed by atoms with Crippen LogP contribution in [0, 0.1) is 6.92 Å². The maximum atomic E-state index is 14.4. The molecule has 0 bridgehead atoms. The van der Waals surface area contributed by atoms with E-state index in [1.54, 1.807) is 29.2 Å². The number of alkyl halides is 3. The molecule has 0 unspecified atom stereocenters. The monoisotopic (exact) mass is 597 g/mol. The zero-order chi connectivity index (χ0) is 30.9. The van der Waals surface area contributed by atoms with Crippen molar-refractivity contribution in [3.05, 3.63) is 77.1 Å². The van der Waals surface area contributed by atoms with Gasteiger partial charge in [-0.2, -0.15) is 18.3 Å². The predicted molar refractivity (Wildman–Crippen MR) is 154 cm³/mol. The highest BCUT2D eigenvalue weighted by Crippen LogP contribution is 2.37. The second-order valence-corrected chi connectivity index (χ2v) is 10.5. The van der Waals surface area contributed by atoms with Gasteiger partial charge in [-0.05, 0) is 51.1 Å². The van der Waals surface area contributed by atoms with Crippen LogP contribution in [0.5, 0.6) is 11.5 Å². The van der Waals surface area contributed by atoms with Crippen LogP contribution >= 0.6 is 0 Å². The first-order chi connectivity index (χ1) is 20.6. The molecule has 228 valence electrons. The summed E-state index contributed by atoms with van der Waals surface area (Å²) in [5.74, 6) is 0.787. The summed E-state index contributed by atoms with van der Waals surface area (Å²) in [5.41, 5.74) is 0.148. The molecule has 1 aliphatic heterocycles. The van der Waals surface area contributed by atoms with Gasteiger partial charge >= 0.3 is 6.18 Å². The first-order valence-electron chi connectivity index (χ1n) is 14.1. The number of piperazine rings is 1. The number of para-hydroxylation sites is 1. The Balaban J connectivity index is 1.47. The van der Waals surface area contributed by atoms with E-state index in [2.05, 4.69) is 15.0 Å². The lowest BCUT2D eigenvalue weighted by Gasteiger charge is -2.43. The molecule has 1 aliphatic rings. The molecule has 3 heterocycles. The van der Waals surface area contributed by atoms with Gasteiger partial charge in [0.1, 0.15) is 17.1 Å². The Morgan fingerprint density at radius 2 is 1.86 bits per heavy atom. The van der Waals surface area contributed by atoms with Crippen molar-refractivity contribution in [1.29, 1.82) is 0 Å². The average Bonchev–Trinajstić information content (AvgIpc) is 3.40. The number of ether oxygens (including phenoxy) is 2. The molecule has 0 radical (unpaired) electrons. The lowest BCUT2D eigenvalue weighted by Crippen LogP contribution is -2.55. The molecule has 1 saturated heterocycles. The predicted octanol–water partition coefficient (Wildman–Crippen LogP) is 5.01. The van der Waals surface area contributed by atoms with Crippen LogP contribution in [-0.2, 0) is 6.18 Å². The number of carbonyl (C=O) groups excluding carboxylic acids is 1. The molecule has 12 heteroatoms. The number of methoxy groups -OCH3 is 1. The van der Waals surface area contributed by atoms with Crippen molar-refractivity contribution >= 4 is 11.6 Å². The number of hydrogen-bond donors (Lipinski definition) is 1. The van der Waals surface area contributed by atoms with Crippen molar-refractivity contribution in [1.82, 2.24) is 24.4 Å². The van der Waals surface area contributed by atoms with E-state index in [0.717, 1.165) is 11.8 Å². The van der Waals surface area contributed by atoms with E-state index in [1.165, 1.54) is 14.0 Å². The van der Waals surface area contributed by atoms with Crippen molar-refractivity contribution < 1.29 is 32.5 Å². The summed E-state index contributed by atoms with van der Waals surface area (Å²) in [4.78, 5) is 22.1. The number of aliphatic hydroxyl groups excluding tert-OH is 1. The van der Waals surface area contributed by atoms with Gasteiger partial charge in [-0.1, -0.05) is 18.2 Å². The fraction of sp³-hybridized carbons (Fsp3) is 0.387. The van der Waals surface area contributed by atoms with Crippen molar-refractivity contribution in [2.24, 2.45) is 0 Å². The highest BCUT2D eigenvalue weighted by atomic mass is 19.4. The summed E-state index contributed by atoms with van der Waals surface area (Å²) in [6, 6.07) is 13.4. The molecule has 43 heavy (non-hydrogen) atoms. The van der Waals surface area contributed by atoms with Crippen molar-refractivity contribution in [2.45, 2.75) is 39.0 Å². The Hall–Kier alpha value is -4.16. The van der Waals surface area contributed by atoms with E-state index < -0.39 is 17.8 Å². The third-order valence-corrected chi connectivity index (χ3v) is 7.86. The largest absolute Gasteiger partial charge is 0.497 e. The number of amides is 1. The van der Waals surface area contributed by atoms with Crippen LogP contribution < -0.4 is 9.47 Å². The maximum Gasteiger partial charge on any atom is 0.433 e. The molecule has 1 amide bonds. The SMILES string of the molecule is CCOc1ccccc1[C@H](CO)N1CCN(C(=O)c2cnn3c(C(F)(F)F)c(C)c(-c4ccc(OC)cc4)nc23)[C@H](C)C1. The van der Waals surface area contributed by atoms with E-state index in [1.807, 2.05) is 38.1 Å². The molecule has 9 nitrogen and oxygen atoms in total. The van der Waals surface area contributed by atoms with E-state index in [-0.39, 0.29) is 41.2 Å². The van der Waals surface area contributed by atoms with Crippen LogP contribution in [0.25, 0.3) is 16.9 Å². The summed E-state index contributed by atoms with van der Waals surface area (Å²) in [5, 5.41) is 14.3. The highest BCUT2D eigenvalue weighted by Gasteiger charge is 2.40. The summed E-state index contributed by atoms with van der Waals surface area (Å²) in [6.07, 6.45) is -3.58. The molecular weight excluding hydrogens is 563 g/mol. The minimum atomic E-state index is -4.74. The van der Waals surface area contributed by atoms with Gasteiger partial charge in [0.2, 0.25) is 0 Å². The van der Waals surface area contributed by atoms with E-state index >= 15 is 0 Å². The Bertz CT molecular complexity index is 1610. The van der Waals surface area contributed by atoms with Crippen LogP contribution in [0.2, 0.25) is 0 Å². The first kappa shape index (κ1) is 30.3. The number of hydrogen-bond acceptors (Lipinski definition) is 7. The summed E-state index contributed by atoms with van der Waals surface area (Å²) >= 11 is 0. The number of nitrogens with zero attached hydrogens (tertiary/aromatic N) is 5. The molecule has 0 aliphatic carbocycles. The van der Waals surface area contributed by atoms with Crippen LogP contribution in [0.15, 0.2) is 54.7 Å². The van der Waals surface area contributed by atoms with E-state index in [9.17, 15) is 23.1 Å². The number of rotatable bonds is 8. The molecule has 1 fully saturated rings. The number of benzene rings is 2. The second kappa shape index (κ2) is 12.2. The van der Waals surface area contributed by atoms with Crippen LogP contribution in [0.3, 0.4) is 0 Å². The fourth-order valence-corrected chi connectivity index (χ4v) is 5.77. The van der Waals surface area contributed by atoms with Gasteiger partial charge in [-0.3, -0.25) is 9.69 Å². The molecule has 1 N–H and O–H groups in total. The van der Waals surface area contributed by atoms with Gasteiger partial charge in [0.15, 0.2) is 11.3 Å². The molecule has 0 spiro atoms. The third kappa shape index (κ3) is 5.76. The third-order valence-electron chi connectivity index (χ3n) is 7.86. The minimum absolute atomic E-state index is 0.0130. The van der Waals surface area contributed by atoms with Crippen molar-refractivity contribution in [3.63, 3.8) is 0 Å². The number of halogens is 3. The smallest absolute Gasteiger partial charge is 0.433 e. The number of carbonyl (C=O) groups is 1. The molecular formula is C31H34F3N5O4. The van der Waals surface area contributed by atoms with Crippen LogP contribution in [0.1, 0.15) is 47.1 Å². The van der Waals surface area contributed by atoms with Crippen LogP contribution in [0.4, 0.5) is 13.2 Å². The van der Waals surface area contributed by atoms with Crippen molar-refractivity contribution in [2.75, 3.05) is 40.0 Å². The van der Waals surface area contributed by atoms with Gasteiger partial charge in [0.25, 0.3) is 5.91 Å². The molecule has 0 saturated carbocycles. The lowest BCUT2D eigenvalue weighted by molar-refractivity contribution is -0.143. The number of aliphatic hydroxyl groups is 1. The molecule has 5 rings (SSSR count). The lowest BCUT2D eigenvalue weighted by atomic mass is 10.0. The topological polar surface area (TPSA) is 92.4 Å². The Kier molecular flexibility index (Phi) is 8.61. The van der Waals surface area contributed by atoms with Gasteiger partial charge in [-0.15, -0.1) is 0 Å². The highest BCUT2D eigenvalue weighted by molar-refractivity contribution is 6.00. The summed E-state index contributed by atoms with van der Waals surface area (Å²) in [7, 11) is 1.50. The van der Waals surface area contributed by atoms with Gasteiger partial charge in [0.05, 0.1) is 38.3 Å². The van der Waals surface area contributed by atoms with Gasteiger partial charge in [-0.25, -0.2) is 9.50 Å². The summed E-state index contributed by atoms with van der Waals surface area (Å²) in [6.45, 7) is 6.64. The number of aromatic nitrogens is 3. The molecule has 2 aromatic carbocycles. The zero-order valence-electron chi connectivity index (χ0n) is 24.4. The second-order valence-electron chi connectivity index (χ2n) is 10.5. The minimum Gasteiger partial charge on any atom is -0.497 e. The Morgan fingerprint density at radius 1 is 1.14 bits per heavy atom. The average molecular weight is 598 g/mol. The molecule has 2 aromatic heterocycles. The summed E-state index contributed by atoms with van der Waals surface area (Å²) < 4.78 is 54.7. The number of fused-ring (bicyclic) bond motifs is 1. The quantitative estimate of drug-likeness (QED) is 0.305. The Labute approximate surface area is 247 Å². The van der Waals surface area contributed by atoms with Gasteiger partial charge < -0.3 is 19.5 Å². The molecule has 4 aromatic rings. The van der Waals surface area contributed by atoms with Crippen LogP contribution in [-0.4, -0.2) is 81.4 Å². The van der Waals surface area contributed by atoms with E-state index in [4.69, 9.17) is 9.47 Å². The van der Waals surface area contributed by atoms with Gasteiger partial charge in [0, 0.05) is 42.4 Å². The van der Waals surface area contributed by atoms with Crippen molar-refractivity contribution in [3.8, 4) is 22.8 Å². The zero-order valence-corrected chi connectivity index (χ0v) is 24.4. The van der Waals surface area contributed by atoms with E-state index in [0.29, 0.717) is 47.8 Å². The Morgan fingerprint density at radius 3 is 2.49 bits per heavy atom.